The van der Waals surface area contributed by atoms with E-state index in [0.717, 1.165) is 45.7 Å². The normalized spacial score (nSPS) is 18.7. The number of benzene rings is 1. The van der Waals surface area contributed by atoms with Crippen LogP contribution in [-0.4, -0.2) is 80.1 Å². The summed E-state index contributed by atoms with van der Waals surface area (Å²) in [6.07, 6.45) is 1.45. The van der Waals surface area contributed by atoms with Crippen LogP contribution in [0.25, 0.3) is 0 Å². The number of amides is 3. The van der Waals surface area contributed by atoms with Gasteiger partial charge >= 0.3 is 6.03 Å². The number of likely N-dealkylation sites (tertiary alicyclic amines) is 1. The van der Waals surface area contributed by atoms with E-state index in [0.29, 0.717) is 19.6 Å². The topological polar surface area (TPSA) is 65.1 Å². The third kappa shape index (κ3) is 5.45. The van der Waals surface area contributed by atoms with Crippen molar-refractivity contribution in [3.63, 3.8) is 0 Å². The van der Waals surface area contributed by atoms with Crippen molar-refractivity contribution in [1.82, 2.24) is 20.0 Å². The molecule has 0 aromatic heterocycles. The quantitative estimate of drug-likeness (QED) is 0.831. The Morgan fingerprint density at radius 1 is 1.07 bits per heavy atom. The molecule has 2 heterocycles. The Bertz CT molecular complexity index is 665. The zero-order valence-electron chi connectivity index (χ0n) is 17.0. The summed E-state index contributed by atoms with van der Waals surface area (Å²) >= 11 is 0. The number of piperidine rings is 1. The van der Waals surface area contributed by atoms with Crippen LogP contribution >= 0.6 is 0 Å². The predicted octanol–water partition coefficient (Wildman–Crippen LogP) is 1.53. The second kappa shape index (κ2) is 9.89. The van der Waals surface area contributed by atoms with Crippen molar-refractivity contribution < 1.29 is 14.3 Å². The van der Waals surface area contributed by atoms with Gasteiger partial charge in [0, 0.05) is 59.3 Å². The molecule has 1 aromatic rings. The number of carbonyl (C=O) groups excluding carboxylic acids is 2. The summed E-state index contributed by atoms with van der Waals surface area (Å²) in [7, 11) is 3.52. The van der Waals surface area contributed by atoms with Crippen molar-refractivity contribution in [1.29, 1.82) is 0 Å². The molecule has 0 saturated carbocycles. The molecule has 0 spiro atoms. The average Bonchev–Trinajstić information content (AvgIpc) is 2.73. The summed E-state index contributed by atoms with van der Waals surface area (Å²) in [4.78, 5) is 30.5. The molecular weight excluding hydrogens is 356 g/mol. The molecule has 0 bridgehead atoms. The van der Waals surface area contributed by atoms with Gasteiger partial charge < -0.3 is 19.9 Å². The number of nitrogens with zero attached hydrogens (tertiary/aromatic N) is 3. The second-order valence-corrected chi connectivity index (χ2v) is 7.81. The SMILES string of the molecule is CN(C)C(=O)N1CCC(C(=O)NCc2ccccc2CN2CCOCC2)CC1. The van der Waals surface area contributed by atoms with Crippen LogP contribution in [0.2, 0.25) is 0 Å². The van der Waals surface area contributed by atoms with E-state index >= 15 is 0 Å². The zero-order valence-corrected chi connectivity index (χ0v) is 17.0. The fourth-order valence-corrected chi connectivity index (χ4v) is 3.83. The van der Waals surface area contributed by atoms with Gasteiger partial charge in [0.2, 0.25) is 5.91 Å². The lowest BCUT2D eigenvalue weighted by Crippen LogP contribution is -2.46. The Hall–Kier alpha value is -2.12. The molecule has 1 aromatic carbocycles. The van der Waals surface area contributed by atoms with Gasteiger partial charge in [-0.15, -0.1) is 0 Å². The van der Waals surface area contributed by atoms with Crippen LogP contribution in [0, 0.1) is 5.92 Å². The number of urea groups is 1. The lowest BCUT2D eigenvalue weighted by Gasteiger charge is -2.33. The first-order valence-electron chi connectivity index (χ1n) is 10.2. The van der Waals surface area contributed by atoms with Gasteiger partial charge in [0.05, 0.1) is 13.2 Å². The number of carbonyl (C=O) groups is 2. The maximum atomic E-state index is 12.6. The van der Waals surface area contributed by atoms with E-state index in [1.165, 1.54) is 11.1 Å². The maximum absolute atomic E-state index is 12.6. The van der Waals surface area contributed by atoms with Crippen molar-refractivity contribution >= 4 is 11.9 Å². The molecule has 7 nitrogen and oxygen atoms in total. The van der Waals surface area contributed by atoms with E-state index < -0.39 is 0 Å². The Morgan fingerprint density at radius 3 is 2.36 bits per heavy atom. The van der Waals surface area contributed by atoms with Gasteiger partial charge in [0.15, 0.2) is 0 Å². The van der Waals surface area contributed by atoms with Gasteiger partial charge in [0.1, 0.15) is 0 Å². The highest BCUT2D eigenvalue weighted by Gasteiger charge is 2.27. The van der Waals surface area contributed by atoms with Gasteiger partial charge in [0.25, 0.3) is 0 Å². The van der Waals surface area contributed by atoms with Crippen LogP contribution in [0.1, 0.15) is 24.0 Å². The van der Waals surface area contributed by atoms with E-state index in [1.54, 1.807) is 19.0 Å². The van der Waals surface area contributed by atoms with Crippen LogP contribution in [-0.2, 0) is 22.6 Å². The first-order valence-corrected chi connectivity index (χ1v) is 10.2. The molecule has 0 unspecified atom stereocenters. The van der Waals surface area contributed by atoms with E-state index in [1.807, 2.05) is 11.0 Å². The van der Waals surface area contributed by atoms with Gasteiger partial charge in [-0.05, 0) is 24.0 Å². The molecule has 28 heavy (non-hydrogen) atoms. The number of hydrogen-bond donors (Lipinski definition) is 1. The molecule has 0 aliphatic carbocycles. The summed E-state index contributed by atoms with van der Waals surface area (Å²) < 4.78 is 5.42. The predicted molar refractivity (Wildman–Crippen MR) is 108 cm³/mol. The van der Waals surface area contributed by atoms with E-state index in [4.69, 9.17) is 4.74 Å². The van der Waals surface area contributed by atoms with Crippen LogP contribution in [0.3, 0.4) is 0 Å². The third-order valence-electron chi connectivity index (χ3n) is 5.59. The first kappa shape index (κ1) is 20.6. The highest BCUT2D eigenvalue weighted by Crippen LogP contribution is 2.19. The Morgan fingerprint density at radius 2 is 1.71 bits per heavy atom. The first-order chi connectivity index (χ1) is 13.5. The van der Waals surface area contributed by atoms with Gasteiger partial charge in [-0.25, -0.2) is 4.79 Å². The zero-order chi connectivity index (χ0) is 19.9. The smallest absolute Gasteiger partial charge is 0.319 e. The molecule has 2 aliphatic heterocycles. The van der Waals surface area contributed by atoms with E-state index in [-0.39, 0.29) is 17.9 Å². The molecule has 0 radical (unpaired) electrons. The Labute approximate surface area is 167 Å². The third-order valence-corrected chi connectivity index (χ3v) is 5.59. The number of rotatable bonds is 5. The van der Waals surface area contributed by atoms with Gasteiger partial charge in [-0.1, -0.05) is 24.3 Å². The minimum Gasteiger partial charge on any atom is -0.379 e. The summed E-state index contributed by atoms with van der Waals surface area (Å²) in [5.74, 6) is 0.0794. The fourth-order valence-electron chi connectivity index (χ4n) is 3.83. The summed E-state index contributed by atoms with van der Waals surface area (Å²) in [6, 6.07) is 8.33. The molecule has 2 aliphatic rings. The van der Waals surface area contributed by atoms with Crippen molar-refractivity contribution in [2.75, 3.05) is 53.5 Å². The molecule has 2 saturated heterocycles. The van der Waals surface area contributed by atoms with E-state index in [9.17, 15) is 9.59 Å². The van der Waals surface area contributed by atoms with E-state index in [2.05, 4.69) is 28.4 Å². The minimum absolute atomic E-state index is 0.0161. The largest absolute Gasteiger partial charge is 0.379 e. The number of morpholine rings is 1. The second-order valence-electron chi connectivity index (χ2n) is 7.81. The molecule has 0 atom stereocenters. The highest BCUT2D eigenvalue weighted by molar-refractivity contribution is 5.79. The fraction of sp³-hybridized carbons (Fsp3) is 0.619. The molecule has 154 valence electrons. The van der Waals surface area contributed by atoms with Gasteiger partial charge in [-0.2, -0.15) is 0 Å². The minimum atomic E-state index is -0.0161. The highest BCUT2D eigenvalue weighted by atomic mass is 16.5. The van der Waals surface area contributed by atoms with Crippen molar-refractivity contribution in [2.45, 2.75) is 25.9 Å². The summed E-state index contributed by atoms with van der Waals surface area (Å²) in [6.45, 7) is 6.19. The molecular formula is C21H32N4O3. The lowest BCUT2D eigenvalue weighted by molar-refractivity contribution is -0.126. The maximum Gasteiger partial charge on any atom is 0.319 e. The average molecular weight is 389 g/mol. The number of hydrogen-bond acceptors (Lipinski definition) is 4. The molecule has 3 amide bonds. The van der Waals surface area contributed by atoms with Crippen LogP contribution < -0.4 is 5.32 Å². The lowest BCUT2D eigenvalue weighted by atomic mass is 9.96. The number of ether oxygens (including phenoxy) is 1. The van der Waals surface area contributed by atoms with Crippen LogP contribution in [0.4, 0.5) is 4.79 Å². The molecule has 7 heteroatoms. The van der Waals surface area contributed by atoms with Gasteiger partial charge in [-0.3, -0.25) is 9.69 Å². The monoisotopic (exact) mass is 388 g/mol. The van der Waals surface area contributed by atoms with Crippen LogP contribution in [0.15, 0.2) is 24.3 Å². The standard InChI is InChI=1S/C21H32N4O3/c1-23(2)21(27)25-9-7-17(8-10-25)20(26)22-15-18-5-3-4-6-19(18)16-24-11-13-28-14-12-24/h3-6,17H,7-16H2,1-2H3,(H,22,26). The number of nitrogens with one attached hydrogen (secondary N) is 1. The Balaban J connectivity index is 1.49. The van der Waals surface area contributed by atoms with Crippen LogP contribution in [0.5, 0.6) is 0 Å². The molecule has 1 N–H and O–H groups in total. The van der Waals surface area contributed by atoms with Crippen molar-refractivity contribution in [3.05, 3.63) is 35.4 Å². The summed E-state index contributed by atoms with van der Waals surface area (Å²) in [5.41, 5.74) is 2.43. The van der Waals surface area contributed by atoms with Crippen molar-refractivity contribution in [2.24, 2.45) is 5.92 Å². The Kier molecular flexibility index (Phi) is 7.28. The molecule has 2 fully saturated rings. The molecule has 3 rings (SSSR count). The summed E-state index contributed by atoms with van der Waals surface area (Å²) in [5, 5.41) is 3.12. The van der Waals surface area contributed by atoms with Crippen molar-refractivity contribution in [3.8, 4) is 0 Å².